The predicted molar refractivity (Wildman–Crippen MR) is 76.6 cm³/mol. The topological polar surface area (TPSA) is 33.7 Å². The van der Waals surface area contributed by atoms with Crippen molar-refractivity contribution in [2.24, 2.45) is 0 Å². The summed E-state index contributed by atoms with van der Waals surface area (Å²) >= 11 is 0. The van der Waals surface area contributed by atoms with Gasteiger partial charge in [0.05, 0.1) is 6.61 Å². The van der Waals surface area contributed by atoms with E-state index in [1.54, 1.807) is 7.11 Å². The van der Waals surface area contributed by atoms with Gasteiger partial charge in [-0.2, -0.15) is 0 Å². The SMILES string of the molecule is COCCNCCCN1CCOc2ccccc2C1. The number of nitrogens with zero attached hydrogens (tertiary/aromatic N) is 1. The molecule has 0 bridgehead atoms. The number of para-hydroxylation sites is 1. The zero-order valence-corrected chi connectivity index (χ0v) is 11.7. The lowest BCUT2D eigenvalue weighted by Gasteiger charge is -2.19. The average molecular weight is 264 g/mol. The lowest BCUT2D eigenvalue weighted by molar-refractivity contribution is 0.197. The van der Waals surface area contributed by atoms with E-state index in [4.69, 9.17) is 9.47 Å². The first kappa shape index (κ1) is 14.3. The number of rotatable bonds is 7. The highest BCUT2D eigenvalue weighted by Gasteiger charge is 2.13. The minimum Gasteiger partial charge on any atom is -0.492 e. The van der Waals surface area contributed by atoms with Crippen molar-refractivity contribution < 1.29 is 9.47 Å². The number of ether oxygens (including phenoxy) is 2. The van der Waals surface area contributed by atoms with Crippen molar-refractivity contribution in [3.05, 3.63) is 29.8 Å². The predicted octanol–water partition coefficient (Wildman–Crippen LogP) is 1.51. The van der Waals surface area contributed by atoms with Gasteiger partial charge >= 0.3 is 0 Å². The third kappa shape index (κ3) is 4.82. The molecule has 0 amide bonds. The summed E-state index contributed by atoms with van der Waals surface area (Å²) in [5.41, 5.74) is 1.30. The van der Waals surface area contributed by atoms with Crippen LogP contribution in [0.1, 0.15) is 12.0 Å². The van der Waals surface area contributed by atoms with Gasteiger partial charge in [-0.3, -0.25) is 4.90 Å². The normalized spacial score (nSPS) is 15.6. The van der Waals surface area contributed by atoms with Crippen LogP contribution in [-0.4, -0.2) is 51.4 Å². The van der Waals surface area contributed by atoms with Crippen LogP contribution >= 0.6 is 0 Å². The number of fused-ring (bicyclic) bond motifs is 1. The molecule has 0 spiro atoms. The fourth-order valence-electron chi connectivity index (χ4n) is 2.30. The molecule has 0 atom stereocenters. The van der Waals surface area contributed by atoms with E-state index in [2.05, 4.69) is 28.4 Å². The summed E-state index contributed by atoms with van der Waals surface area (Å²) in [6.07, 6.45) is 1.16. The molecule has 4 nitrogen and oxygen atoms in total. The van der Waals surface area contributed by atoms with E-state index in [-0.39, 0.29) is 0 Å². The highest BCUT2D eigenvalue weighted by molar-refractivity contribution is 5.33. The molecule has 4 heteroatoms. The minimum absolute atomic E-state index is 0.783. The standard InChI is InChI=1S/C15H24N2O2/c1-18-11-8-16-7-4-9-17-10-12-19-15-6-3-2-5-14(15)13-17/h2-3,5-6,16H,4,7-13H2,1H3. The second-order valence-corrected chi connectivity index (χ2v) is 4.83. The maximum absolute atomic E-state index is 5.76. The summed E-state index contributed by atoms with van der Waals surface area (Å²) < 4.78 is 10.8. The lowest BCUT2D eigenvalue weighted by Crippen LogP contribution is -2.29. The summed E-state index contributed by atoms with van der Waals surface area (Å²) in [4.78, 5) is 2.46. The molecule has 0 aromatic heterocycles. The monoisotopic (exact) mass is 264 g/mol. The second-order valence-electron chi connectivity index (χ2n) is 4.83. The Morgan fingerprint density at radius 1 is 1.32 bits per heavy atom. The van der Waals surface area contributed by atoms with Crippen LogP contribution in [-0.2, 0) is 11.3 Å². The van der Waals surface area contributed by atoms with Gasteiger partial charge in [-0.1, -0.05) is 18.2 Å². The molecular weight excluding hydrogens is 240 g/mol. The first-order valence-corrected chi connectivity index (χ1v) is 7.03. The van der Waals surface area contributed by atoms with Crippen LogP contribution in [0.5, 0.6) is 5.75 Å². The van der Waals surface area contributed by atoms with Gasteiger partial charge in [0, 0.05) is 32.3 Å². The zero-order valence-electron chi connectivity index (χ0n) is 11.7. The summed E-state index contributed by atoms with van der Waals surface area (Å²) in [5, 5.41) is 3.38. The Morgan fingerprint density at radius 3 is 3.11 bits per heavy atom. The van der Waals surface area contributed by atoms with E-state index in [0.29, 0.717) is 0 Å². The third-order valence-corrected chi connectivity index (χ3v) is 3.34. The molecule has 1 aliphatic rings. The van der Waals surface area contributed by atoms with Crippen molar-refractivity contribution in [2.75, 3.05) is 46.5 Å². The molecular formula is C15H24N2O2. The van der Waals surface area contributed by atoms with Gasteiger partial charge in [-0.25, -0.2) is 0 Å². The maximum Gasteiger partial charge on any atom is 0.123 e. The van der Waals surface area contributed by atoms with Crippen molar-refractivity contribution in [3.63, 3.8) is 0 Å². The molecule has 1 aliphatic heterocycles. The van der Waals surface area contributed by atoms with Crippen molar-refractivity contribution in [3.8, 4) is 5.75 Å². The van der Waals surface area contributed by atoms with Crippen molar-refractivity contribution in [1.82, 2.24) is 10.2 Å². The van der Waals surface area contributed by atoms with E-state index < -0.39 is 0 Å². The van der Waals surface area contributed by atoms with Crippen LogP contribution < -0.4 is 10.1 Å². The maximum atomic E-state index is 5.76. The molecule has 19 heavy (non-hydrogen) atoms. The van der Waals surface area contributed by atoms with Crippen molar-refractivity contribution in [2.45, 2.75) is 13.0 Å². The molecule has 1 aromatic rings. The highest BCUT2D eigenvalue weighted by atomic mass is 16.5. The summed E-state index contributed by atoms with van der Waals surface area (Å²) in [6.45, 7) is 6.66. The smallest absolute Gasteiger partial charge is 0.123 e. The quantitative estimate of drug-likeness (QED) is 0.757. The lowest BCUT2D eigenvalue weighted by atomic mass is 10.2. The van der Waals surface area contributed by atoms with E-state index in [1.165, 1.54) is 5.56 Å². The second kappa shape index (κ2) is 8.15. The van der Waals surface area contributed by atoms with Gasteiger partial charge in [0.2, 0.25) is 0 Å². The van der Waals surface area contributed by atoms with E-state index in [0.717, 1.165) is 58.1 Å². The molecule has 0 radical (unpaired) electrons. The van der Waals surface area contributed by atoms with Crippen LogP contribution in [0.2, 0.25) is 0 Å². The van der Waals surface area contributed by atoms with Crippen LogP contribution in [0.25, 0.3) is 0 Å². The van der Waals surface area contributed by atoms with E-state index in [9.17, 15) is 0 Å². The Bertz CT molecular complexity index is 371. The van der Waals surface area contributed by atoms with Gasteiger partial charge in [-0.05, 0) is 25.6 Å². The van der Waals surface area contributed by atoms with Gasteiger partial charge in [0.15, 0.2) is 0 Å². The first-order valence-electron chi connectivity index (χ1n) is 7.03. The number of benzene rings is 1. The largest absolute Gasteiger partial charge is 0.492 e. The van der Waals surface area contributed by atoms with Crippen molar-refractivity contribution in [1.29, 1.82) is 0 Å². The fourth-order valence-corrected chi connectivity index (χ4v) is 2.30. The van der Waals surface area contributed by atoms with Gasteiger partial charge < -0.3 is 14.8 Å². The van der Waals surface area contributed by atoms with Gasteiger partial charge in [0.1, 0.15) is 12.4 Å². The van der Waals surface area contributed by atoms with Gasteiger partial charge in [-0.15, -0.1) is 0 Å². The highest BCUT2D eigenvalue weighted by Crippen LogP contribution is 2.22. The first-order chi connectivity index (χ1) is 9.40. The fraction of sp³-hybridized carbons (Fsp3) is 0.600. The Morgan fingerprint density at radius 2 is 2.21 bits per heavy atom. The summed E-state index contributed by atoms with van der Waals surface area (Å²) in [6, 6.07) is 8.34. The number of hydrogen-bond donors (Lipinski definition) is 1. The molecule has 2 rings (SSSR count). The summed E-state index contributed by atoms with van der Waals surface area (Å²) in [7, 11) is 1.73. The van der Waals surface area contributed by atoms with E-state index in [1.807, 2.05) is 6.07 Å². The van der Waals surface area contributed by atoms with Gasteiger partial charge in [0.25, 0.3) is 0 Å². The molecule has 0 aliphatic carbocycles. The minimum atomic E-state index is 0.783. The summed E-state index contributed by atoms with van der Waals surface area (Å²) in [5.74, 6) is 1.04. The van der Waals surface area contributed by atoms with E-state index >= 15 is 0 Å². The van der Waals surface area contributed by atoms with Crippen LogP contribution in [0.4, 0.5) is 0 Å². The molecule has 1 heterocycles. The van der Waals surface area contributed by atoms with Crippen LogP contribution in [0, 0.1) is 0 Å². The number of methoxy groups -OCH3 is 1. The Balaban J connectivity index is 1.70. The van der Waals surface area contributed by atoms with Crippen molar-refractivity contribution >= 4 is 0 Å². The Labute approximate surface area is 115 Å². The van der Waals surface area contributed by atoms with Crippen LogP contribution in [0.3, 0.4) is 0 Å². The number of nitrogens with one attached hydrogen (secondary N) is 1. The molecule has 1 N–H and O–H groups in total. The molecule has 0 saturated heterocycles. The molecule has 0 unspecified atom stereocenters. The Hall–Kier alpha value is -1.10. The Kier molecular flexibility index (Phi) is 6.14. The van der Waals surface area contributed by atoms with Crippen LogP contribution in [0.15, 0.2) is 24.3 Å². The molecule has 1 aromatic carbocycles. The average Bonchev–Trinajstić information content (AvgIpc) is 2.64. The molecule has 0 fully saturated rings. The zero-order chi connectivity index (χ0) is 13.3. The molecule has 0 saturated carbocycles. The molecule has 106 valence electrons. The third-order valence-electron chi connectivity index (χ3n) is 3.34. The number of hydrogen-bond acceptors (Lipinski definition) is 4.